The van der Waals surface area contributed by atoms with Crippen molar-refractivity contribution in [1.82, 2.24) is 14.8 Å². The van der Waals surface area contributed by atoms with Gasteiger partial charge in [0, 0.05) is 38.6 Å². The Morgan fingerprint density at radius 1 is 1.33 bits per heavy atom. The van der Waals surface area contributed by atoms with Crippen molar-refractivity contribution in [2.75, 3.05) is 32.7 Å². The van der Waals surface area contributed by atoms with Crippen molar-refractivity contribution >= 4 is 6.09 Å². The second-order valence-corrected chi connectivity index (χ2v) is 4.58. The van der Waals surface area contributed by atoms with Crippen LogP contribution in [0, 0.1) is 0 Å². The Kier molecular flexibility index (Phi) is 4.52. The summed E-state index contributed by atoms with van der Waals surface area (Å²) in [6.07, 6.45) is 5.02. The number of hydrogen-bond acceptors (Lipinski definition) is 3. The van der Waals surface area contributed by atoms with E-state index in [-0.39, 0.29) is 0 Å². The van der Waals surface area contributed by atoms with Crippen LogP contribution in [0.5, 0.6) is 0 Å². The van der Waals surface area contributed by atoms with E-state index in [0.717, 1.165) is 32.5 Å². The molecule has 1 aromatic rings. The maximum absolute atomic E-state index is 10.8. The third-order valence-electron chi connectivity index (χ3n) is 3.31. The van der Waals surface area contributed by atoms with Crippen LogP contribution in [0.1, 0.15) is 12.0 Å². The van der Waals surface area contributed by atoms with E-state index in [0.29, 0.717) is 13.1 Å². The zero-order chi connectivity index (χ0) is 12.8. The maximum Gasteiger partial charge on any atom is 0.407 e. The lowest BCUT2D eigenvalue weighted by molar-refractivity contribution is 0.105. The van der Waals surface area contributed by atoms with Gasteiger partial charge >= 0.3 is 6.09 Å². The number of aryl methyl sites for hydroxylation is 1. The van der Waals surface area contributed by atoms with Gasteiger partial charge in [-0.25, -0.2) is 4.79 Å². The molecular weight excluding hydrogens is 230 g/mol. The van der Waals surface area contributed by atoms with Gasteiger partial charge in [0.1, 0.15) is 0 Å². The van der Waals surface area contributed by atoms with Crippen LogP contribution in [0.4, 0.5) is 4.79 Å². The van der Waals surface area contributed by atoms with Crippen molar-refractivity contribution < 1.29 is 9.90 Å². The van der Waals surface area contributed by atoms with Gasteiger partial charge in [-0.15, -0.1) is 0 Å². The topological polar surface area (TPSA) is 56.7 Å². The van der Waals surface area contributed by atoms with Crippen LogP contribution in [0.25, 0.3) is 0 Å². The molecule has 1 aromatic heterocycles. The molecule has 0 bridgehead atoms. The summed E-state index contributed by atoms with van der Waals surface area (Å²) in [6.45, 7) is 3.98. The number of rotatable bonds is 4. The van der Waals surface area contributed by atoms with E-state index in [2.05, 4.69) is 16.0 Å². The lowest BCUT2D eigenvalue weighted by Crippen LogP contribution is -2.48. The number of pyridine rings is 1. The molecule has 1 fully saturated rings. The van der Waals surface area contributed by atoms with Crippen LogP contribution in [-0.4, -0.2) is 58.7 Å². The molecule has 0 atom stereocenters. The molecule has 0 radical (unpaired) electrons. The van der Waals surface area contributed by atoms with E-state index in [4.69, 9.17) is 5.11 Å². The van der Waals surface area contributed by atoms with Gasteiger partial charge in [-0.2, -0.15) is 0 Å². The van der Waals surface area contributed by atoms with Gasteiger partial charge in [0.25, 0.3) is 0 Å². The molecule has 0 saturated carbocycles. The Hall–Kier alpha value is -1.62. The number of carboxylic acid groups (broad SMARTS) is 1. The van der Waals surface area contributed by atoms with Crippen LogP contribution in [-0.2, 0) is 6.42 Å². The van der Waals surface area contributed by atoms with E-state index < -0.39 is 6.09 Å². The summed E-state index contributed by atoms with van der Waals surface area (Å²) in [5.74, 6) is 0. The van der Waals surface area contributed by atoms with E-state index in [1.54, 1.807) is 6.20 Å². The van der Waals surface area contributed by atoms with Crippen molar-refractivity contribution in [3.8, 4) is 0 Å². The number of amides is 1. The molecule has 18 heavy (non-hydrogen) atoms. The van der Waals surface area contributed by atoms with Gasteiger partial charge in [0.15, 0.2) is 0 Å². The highest BCUT2D eigenvalue weighted by atomic mass is 16.4. The highest BCUT2D eigenvalue weighted by Crippen LogP contribution is 2.05. The van der Waals surface area contributed by atoms with E-state index in [9.17, 15) is 4.79 Å². The standard InChI is InChI=1S/C13H19N3O2/c17-13(18)16-9-7-15(8-10-16)6-2-4-12-3-1-5-14-11-12/h1,3,5,11H,2,4,6-10H2,(H,17,18). The largest absolute Gasteiger partial charge is 0.465 e. The first-order valence-electron chi connectivity index (χ1n) is 6.35. The minimum Gasteiger partial charge on any atom is -0.465 e. The summed E-state index contributed by atoms with van der Waals surface area (Å²) in [4.78, 5) is 18.7. The molecule has 5 heteroatoms. The van der Waals surface area contributed by atoms with Crippen LogP contribution in [0.2, 0.25) is 0 Å². The number of carbonyl (C=O) groups is 1. The summed E-state index contributed by atoms with van der Waals surface area (Å²) in [6, 6.07) is 4.05. The zero-order valence-electron chi connectivity index (χ0n) is 10.5. The fraction of sp³-hybridized carbons (Fsp3) is 0.538. The van der Waals surface area contributed by atoms with E-state index >= 15 is 0 Å². The molecule has 0 unspecified atom stereocenters. The fourth-order valence-electron chi connectivity index (χ4n) is 2.22. The predicted octanol–water partition coefficient (Wildman–Crippen LogP) is 1.31. The molecule has 1 aliphatic rings. The first kappa shape index (κ1) is 12.8. The monoisotopic (exact) mass is 249 g/mol. The van der Waals surface area contributed by atoms with Gasteiger partial charge in [0.05, 0.1) is 0 Å². The first-order valence-corrected chi connectivity index (χ1v) is 6.35. The van der Waals surface area contributed by atoms with Crippen molar-refractivity contribution in [3.05, 3.63) is 30.1 Å². The molecule has 0 spiro atoms. The lowest BCUT2D eigenvalue weighted by Gasteiger charge is -2.33. The Morgan fingerprint density at radius 3 is 2.72 bits per heavy atom. The van der Waals surface area contributed by atoms with Gasteiger partial charge < -0.3 is 10.0 Å². The van der Waals surface area contributed by atoms with E-state index in [1.807, 2.05) is 12.3 Å². The SMILES string of the molecule is O=C(O)N1CCN(CCCc2cccnc2)CC1. The second kappa shape index (κ2) is 6.35. The lowest BCUT2D eigenvalue weighted by atomic mass is 10.1. The zero-order valence-corrected chi connectivity index (χ0v) is 10.5. The molecule has 2 heterocycles. The summed E-state index contributed by atoms with van der Waals surface area (Å²) in [5, 5.41) is 8.85. The van der Waals surface area contributed by atoms with Crippen LogP contribution in [0.3, 0.4) is 0 Å². The summed E-state index contributed by atoms with van der Waals surface area (Å²) in [7, 11) is 0. The Morgan fingerprint density at radius 2 is 2.11 bits per heavy atom. The average Bonchev–Trinajstić information content (AvgIpc) is 2.40. The van der Waals surface area contributed by atoms with Crippen LogP contribution < -0.4 is 0 Å². The third kappa shape index (κ3) is 3.70. The van der Waals surface area contributed by atoms with Crippen molar-refractivity contribution in [1.29, 1.82) is 0 Å². The Labute approximate surface area is 107 Å². The Balaban J connectivity index is 1.65. The van der Waals surface area contributed by atoms with E-state index in [1.165, 1.54) is 10.5 Å². The first-order chi connectivity index (χ1) is 8.75. The molecule has 2 rings (SSSR count). The third-order valence-corrected chi connectivity index (χ3v) is 3.31. The highest BCUT2D eigenvalue weighted by Gasteiger charge is 2.19. The van der Waals surface area contributed by atoms with Gasteiger partial charge in [0.2, 0.25) is 0 Å². The maximum atomic E-state index is 10.8. The molecule has 0 aliphatic carbocycles. The van der Waals surface area contributed by atoms with Gasteiger partial charge in [-0.05, 0) is 31.0 Å². The minimum absolute atomic E-state index is 0.627. The van der Waals surface area contributed by atoms with Crippen molar-refractivity contribution in [2.24, 2.45) is 0 Å². The molecule has 98 valence electrons. The molecule has 1 amide bonds. The quantitative estimate of drug-likeness (QED) is 0.874. The molecule has 0 aromatic carbocycles. The highest BCUT2D eigenvalue weighted by molar-refractivity contribution is 5.65. The van der Waals surface area contributed by atoms with Crippen LogP contribution >= 0.6 is 0 Å². The average molecular weight is 249 g/mol. The van der Waals surface area contributed by atoms with Gasteiger partial charge in [-0.1, -0.05) is 6.07 Å². The number of nitrogens with zero attached hydrogens (tertiary/aromatic N) is 3. The summed E-state index contributed by atoms with van der Waals surface area (Å²) >= 11 is 0. The number of aromatic nitrogens is 1. The fourth-order valence-corrected chi connectivity index (χ4v) is 2.22. The van der Waals surface area contributed by atoms with Crippen molar-refractivity contribution in [2.45, 2.75) is 12.8 Å². The normalized spacial score (nSPS) is 16.8. The summed E-state index contributed by atoms with van der Waals surface area (Å²) < 4.78 is 0. The summed E-state index contributed by atoms with van der Waals surface area (Å²) in [5.41, 5.74) is 1.27. The number of piperazine rings is 1. The molecular formula is C13H19N3O2. The molecule has 5 nitrogen and oxygen atoms in total. The number of hydrogen-bond donors (Lipinski definition) is 1. The molecule has 1 saturated heterocycles. The predicted molar refractivity (Wildman–Crippen MR) is 68.6 cm³/mol. The second-order valence-electron chi connectivity index (χ2n) is 4.58. The molecule has 1 N–H and O–H groups in total. The Bertz CT molecular complexity index is 375. The van der Waals surface area contributed by atoms with Crippen LogP contribution in [0.15, 0.2) is 24.5 Å². The smallest absolute Gasteiger partial charge is 0.407 e. The minimum atomic E-state index is -0.801. The molecule has 1 aliphatic heterocycles. The van der Waals surface area contributed by atoms with Gasteiger partial charge in [-0.3, -0.25) is 9.88 Å². The van der Waals surface area contributed by atoms with Crippen molar-refractivity contribution in [3.63, 3.8) is 0 Å².